The molecule has 5 nitrogen and oxygen atoms in total. The lowest BCUT2D eigenvalue weighted by Crippen LogP contribution is -2.27. The zero-order chi connectivity index (χ0) is 15.3. The minimum absolute atomic E-state index is 0.0136. The van der Waals surface area contributed by atoms with Gasteiger partial charge in [0.2, 0.25) is 0 Å². The number of carbonyl (C=O) groups excluding carboxylic acids is 1. The van der Waals surface area contributed by atoms with Crippen LogP contribution in [-0.4, -0.2) is 28.5 Å². The molecule has 0 bridgehead atoms. The lowest BCUT2D eigenvalue weighted by atomic mass is 10.2. The highest BCUT2D eigenvalue weighted by Gasteiger charge is 2.16. The van der Waals surface area contributed by atoms with Crippen LogP contribution in [0, 0.1) is 6.92 Å². The van der Waals surface area contributed by atoms with Crippen molar-refractivity contribution in [3.63, 3.8) is 0 Å². The first-order valence-corrected chi connectivity index (χ1v) is 7.11. The summed E-state index contributed by atoms with van der Waals surface area (Å²) in [5.74, 6) is -0.843. The summed E-state index contributed by atoms with van der Waals surface area (Å²) < 4.78 is 5.16. The van der Waals surface area contributed by atoms with E-state index in [0.717, 1.165) is 10.5 Å². The van der Waals surface area contributed by atoms with Crippen molar-refractivity contribution in [1.82, 2.24) is 0 Å². The van der Waals surface area contributed by atoms with Crippen molar-refractivity contribution >= 4 is 29.5 Å². The van der Waals surface area contributed by atoms with Crippen LogP contribution in [0.4, 0.5) is 10.5 Å². The maximum atomic E-state index is 11.6. The van der Waals surface area contributed by atoms with Crippen LogP contribution >= 0.6 is 11.8 Å². The summed E-state index contributed by atoms with van der Waals surface area (Å²) >= 11 is 1.25. The van der Waals surface area contributed by atoms with Crippen LogP contribution in [0.3, 0.4) is 0 Å². The van der Waals surface area contributed by atoms with Gasteiger partial charge in [0.1, 0.15) is 5.60 Å². The van der Waals surface area contributed by atoms with Gasteiger partial charge in [-0.1, -0.05) is 0 Å². The lowest BCUT2D eigenvalue weighted by molar-refractivity contribution is -0.133. The molecule has 0 radical (unpaired) electrons. The summed E-state index contributed by atoms with van der Waals surface area (Å²) in [5.41, 5.74) is 0.984. The van der Waals surface area contributed by atoms with E-state index in [-0.39, 0.29) is 5.75 Å². The van der Waals surface area contributed by atoms with Gasteiger partial charge in [-0.3, -0.25) is 10.1 Å². The molecule has 1 amide bonds. The molecule has 0 saturated heterocycles. The fourth-order valence-electron chi connectivity index (χ4n) is 1.45. The minimum atomic E-state index is -0.856. The number of hydrogen-bond acceptors (Lipinski definition) is 4. The Kier molecular flexibility index (Phi) is 5.44. The lowest BCUT2D eigenvalue weighted by Gasteiger charge is -2.19. The van der Waals surface area contributed by atoms with Crippen molar-refractivity contribution in [2.75, 3.05) is 11.1 Å². The molecule has 0 aliphatic rings. The van der Waals surface area contributed by atoms with Gasteiger partial charge in [0.25, 0.3) is 0 Å². The fraction of sp³-hybridized carbons (Fsp3) is 0.429. The van der Waals surface area contributed by atoms with Crippen LogP contribution in [0.5, 0.6) is 0 Å². The molecule has 0 aliphatic carbocycles. The van der Waals surface area contributed by atoms with E-state index in [1.54, 1.807) is 39.0 Å². The number of benzene rings is 1. The molecule has 2 N–H and O–H groups in total. The number of carbonyl (C=O) groups is 2. The summed E-state index contributed by atoms with van der Waals surface area (Å²) in [5, 5.41) is 11.3. The molecule has 0 aliphatic heterocycles. The third kappa shape index (κ3) is 5.97. The van der Waals surface area contributed by atoms with E-state index >= 15 is 0 Å². The molecular weight excluding hydrogens is 278 g/mol. The standard InChI is InChI=1S/C14H19NO4S/c1-9-7-10(15-13(18)19-14(2,3)4)5-6-11(9)20-8-12(16)17/h5-7H,8H2,1-4H3,(H,15,18)(H,16,17). The van der Waals surface area contributed by atoms with Gasteiger partial charge in [0.15, 0.2) is 0 Å². The maximum absolute atomic E-state index is 11.6. The van der Waals surface area contributed by atoms with Gasteiger partial charge in [-0.05, 0) is 51.5 Å². The van der Waals surface area contributed by atoms with Gasteiger partial charge in [-0.15, -0.1) is 11.8 Å². The summed E-state index contributed by atoms with van der Waals surface area (Å²) in [7, 11) is 0. The first-order valence-electron chi connectivity index (χ1n) is 6.12. The van der Waals surface area contributed by atoms with E-state index in [1.807, 2.05) is 6.92 Å². The second kappa shape index (κ2) is 6.65. The second-order valence-electron chi connectivity index (χ2n) is 5.29. The molecule has 0 aromatic heterocycles. The van der Waals surface area contributed by atoms with Gasteiger partial charge in [-0.2, -0.15) is 0 Å². The van der Waals surface area contributed by atoms with Crippen LogP contribution in [-0.2, 0) is 9.53 Å². The third-order valence-corrected chi connectivity index (χ3v) is 3.33. The Morgan fingerprint density at radius 1 is 1.35 bits per heavy atom. The van der Waals surface area contributed by atoms with Crippen LogP contribution in [0.1, 0.15) is 26.3 Å². The summed E-state index contributed by atoms with van der Waals surface area (Å²) in [6.07, 6.45) is -0.511. The smallest absolute Gasteiger partial charge is 0.412 e. The van der Waals surface area contributed by atoms with E-state index in [0.29, 0.717) is 5.69 Å². The van der Waals surface area contributed by atoms with Gasteiger partial charge < -0.3 is 9.84 Å². The van der Waals surface area contributed by atoms with Crippen LogP contribution in [0.15, 0.2) is 23.1 Å². The first-order chi connectivity index (χ1) is 9.17. The van der Waals surface area contributed by atoms with Gasteiger partial charge in [0, 0.05) is 10.6 Å². The molecule has 1 aromatic carbocycles. The average Bonchev–Trinajstić information content (AvgIpc) is 2.24. The SMILES string of the molecule is Cc1cc(NC(=O)OC(C)(C)C)ccc1SCC(=O)O. The molecule has 0 atom stereocenters. The molecule has 1 aromatic rings. The van der Waals surface area contributed by atoms with Crippen molar-refractivity contribution < 1.29 is 19.4 Å². The van der Waals surface area contributed by atoms with Gasteiger partial charge >= 0.3 is 12.1 Å². The number of ether oxygens (including phenoxy) is 1. The summed E-state index contributed by atoms with van der Waals surface area (Å²) in [4.78, 5) is 23.0. The molecule has 20 heavy (non-hydrogen) atoms. The quantitative estimate of drug-likeness (QED) is 0.832. The predicted molar refractivity (Wildman–Crippen MR) is 79.4 cm³/mol. The van der Waals surface area contributed by atoms with Crippen molar-refractivity contribution in [2.24, 2.45) is 0 Å². The number of carboxylic acid groups (broad SMARTS) is 1. The number of anilines is 1. The Bertz CT molecular complexity index is 508. The topological polar surface area (TPSA) is 75.6 Å². The molecule has 0 unspecified atom stereocenters. The number of aryl methyl sites for hydroxylation is 1. The number of thioether (sulfide) groups is 1. The molecule has 0 spiro atoms. The minimum Gasteiger partial charge on any atom is -0.481 e. The Labute approximate surface area is 122 Å². The van der Waals surface area contributed by atoms with Crippen molar-refractivity contribution in [3.05, 3.63) is 23.8 Å². The molecule has 6 heteroatoms. The van der Waals surface area contributed by atoms with Gasteiger partial charge in [-0.25, -0.2) is 4.79 Å². The highest BCUT2D eigenvalue weighted by Crippen LogP contribution is 2.25. The molecule has 0 saturated carbocycles. The van der Waals surface area contributed by atoms with Crippen LogP contribution < -0.4 is 5.32 Å². The number of amides is 1. The number of nitrogens with one attached hydrogen (secondary N) is 1. The maximum Gasteiger partial charge on any atom is 0.412 e. The van der Waals surface area contributed by atoms with Crippen molar-refractivity contribution in [1.29, 1.82) is 0 Å². The highest BCUT2D eigenvalue weighted by molar-refractivity contribution is 8.00. The van der Waals surface area contributed by atoms with E-state index in [1.165, 1.54) is 11.8 Å². The van der Waals surface area contributed by atoms with E-state index in [2.05, 4.69) is 5.32 Å². The van der Waals surface area contributed by atoms with Crippen LogP contribution in [0.25, 0.3) is 0 Å². The molecular formula is C14H19NO4S. The second-order valence-corrected chi connectivity index (χ2v) is 6.31. The largest absolute Gasteiger partial charge is 0.481 e. The molecule has 0 fully saturated rings. The predicted octanol–water partition coefficient (Wildman–Crippen LogP) is 3.52. The zero-order valence-corrected chi connectivity index (χ0v) is 12.8. The Hall–Kier alpha value is -1.69. The van der Waals surface area contributed by atoms with E-state index in [4.69, 9.17) is 9.84 Å². The number of hydrogen-bond donors (Lipinski definition) is 2. The normalized spacial score (nSPS) is 11.0. The van der Waals surface area contributed by atoms with Crippen LogP contribution in [0.2, 0.25) is 0 Å². The van der Waals surface area contributed by atoms with Gasteiger partial charge in [0.05, 0.1) is 5.75 Å². The van der Waals surface area contributed by atoms with E-state index < -0.39 is 17.7 Å². The first kappa shape index (κ1) is 16.4. The van der Waals surface area contributed by atoms with E-state index in [9.17, 15) is 9.59 Å². The summed E-state index contributed by atoms with van der Waals surface area (Å²) in [6, 6.07) is 5.30. The average molecular weight is 297 g/mol. The molecule has 0 heterocycles. The number of rotatable bonds is 4. The monoisotopic (exact) mass is 297 g/mol. The Morgan fingerprint density at radius 3 is 2.50 bits per heavy atom. The molecule has 110 valence electrons. The Balaban J connectivity index is 2.67. The number of carboxylic acids is 1. The summed E-state index contributed by atoms with van der Waals surface area (Å²) in [6.45, 7) is 7.25. The van der Waals surface area contributed by atoms with Crippen molar-refractivity contribution in [3.8, 4) is 0 Å². The third-order valence-electron chi connectivity index (χ3n) is 2.17. The highest BCUT2D eigenvalue weighted by atomic mass is 32.2. The van der Waals surface area contributed by atoms with Crippen molar-refractivity contribution in [2.45, 2.75) is 38.2 Å². The fourth-order valence-corrected chi connectivity index (χ4v) is 2.18. The number of aliphatic carboxylic acids is 1. The Morgan fingerprint density at radius 2 is 2.00 bits per heavy atom. The zero-order valence-electron chi connectivity index (χ0n) is 12.0. The molecule has 1 rings (SSSR count).